The van der Waals surface area contributed by atoms with E-state index in [0.717, 1.165) is 31.3 Å². The summed E-state index contributed by atoms with van der Waals surface area (Å²) < 4.78 is 0. The fraction of sp³-hybridized carbons (Fsp3) is 0.733. The first-order valence-corrected chi connectivity index (χ1v) is 7.18. The molecule has 1 aliphatic rings. The molecule has 0 amide bonds. The molecule has 4 heteroatoms. The molecule has 0 atom stereocenters. The molecule has 106 valence electrons. The van der Waals surface area contributed by atoms with Gasteiger partial charge in [0, 0.05) is 43.1 Å². The van der Waals surface area contributed by atoms with Gasteiger partial charge >= 0.3 is 0 Å². The van der Waals surface area contributed by atoms with Crippen molar-refractivity contribution in [2.45, 2.75) is 53.6 Å². The van der Waals surface area contributed by atoms with Crippen LogP contribution in [-0.2, 0) is 6.54 Å². The average molecular weight is 262 g/mol. The van der Waals surface area contributed by atoms with Crippen molar-refractivity contribution in [1.29, 1.82) is 0 Å². The molecule has 1 saturated heterocycles. The lowest BCUT2D eigenvalue weighted by atomic mass is 9.93. The van der Waals surface area contributed by atoms with E-state index in [0.29, 0.717) is 11.5 Å². The Kier molecular flexibility index (Phi) is 4.09. The number of nitrogens with zero attached hydrogens (tertiary/aromatic N) is 3. The van der Waals surface area contributed by atoms with Crippen molar-refractivity contribution in [1.82, 2.24) is 15.3 Å². The quantitative estimate of drug-likeness (QED) is 0.905. The Bertz CT molecular complexity index is 440. The minimum absolute atomic E-state index is 0.384. The maximum atomic E-state index is 4.67. The van der Waals surface area contributed by atoms with Gasteiger partial charge in [-0.05, 0) is 18.8 Å². The lowest BCUT2D eigenvalue weighted by molar-refractivity contribution is 0.418. The second-order valence-corrected chi connectivity index (χ2v) is 6.65. The highest BCUT2D eigenvalue weighted by Crippen LogP contribution is 2.30. The first kappa shape index (κ1) is 14.3. The molecule has 0 unspecified atom stereocenters. The van der Waals surface area contributed by atoms with E-state index in [9.17, 15) is 0 Å². The van der Waals surface area contributed by atoms with Crippen molar-refractivity contribution >= 4 is 5.95 Å². The summed E-state index contributed by atoms with van der Waals surface area (Å²) in [6, 6.07) is 0.485. The van der Waals surface area contributed by atoms with Crippen LogP contribution in [0.3, 0.4) is 0 Å². The van der Waals surface area contributed by atoms with Gasteiger partial charge in [0.15, 0.2) is 0 Å². The lowest BCUT2D eigenvalue weighted by Gasteiger charge is -2.20. The Hall–Kier alpha value is -1.16. The zero-order valence-electron chi connectivity index (χ0n) is 12.8. The first-order chi connectivity index (χ1) is 8.87. The van der Waals surface area contributed by atoms with Crippen molar-refractivity contribution in [3.63, 3.8) is 0 Å². The Morgan fingerprint density at radius 2 is 2.16 bits per heavy atom. The smallest absolute Gasteiger partial charge is 0.225 e. The summed E-state index contributed by atoms with van der Waals surface area (Å²) >= 11 is 0. The molecule has 0 bridgehead atoms. The van der Waals surface area contributed by atoms with Crippen LogP contribution in [0.1, 0.15) is 45.4 Å². The highest BCUT2D eigenvalue weighted by atomic mass is 15.3. The summed E-state index contributed by atoms with van der Waals surface area (Å²) in [5, 5.41) is 3.41. The van der Waals surface area contributed by atoms with Gasteiger partial charge in [0.05, 0.1) is 0 Å². The Morgan fingerprint density at radius 3 is 2.68 bits per heavy atom. The number of rotatable bonds is 4. The molecule has 2 heterocycles. The standard InChI is InChI=1S/C15H26N4/c1-11(2)16-8-13-9-17-14(18-12(13)3)19-7-6-15(4,5)10-19/h9,11,16H,6-8,10H2,1-5H3. The first-order valence-electron chi connectivity index (χ1n) is 7.18. The van der Waals surface area contributed by atoms with Crippen LogP contribution < -0.4 is 10.2 Å². The molecule has 0 spiro atoms. The molecule has 4 nitrogen and oxygen atoms in total. The molecule has 0 aromatic carbocycles. The minimum Gasteiger partial charge on any atom is -0.340 e. The van der Waals surface area contributed by atoms with Crippen LogP contribution in [0.25, 0.3) is 0 Å². The monoisotopic (exact) mass is 262 g/mol. The second kappa shape index (κ2) is 5.45. The third-order valence-electron chi connectivity index (χ3n) is 3.73. The highest BCUT2D eigenvalue weighted by molar-refractivity contribution is 5.35. The maximum Gasteiger partial charge on any atom is 0.225 e. The summed E-state index contributed by atoms with van der Waals surface area (Å²) in [6.07, 6.45) is 3.18. The van der Waals surface area contributed by atoms with Crippen LogP contribution in [0, 0.1) is 12.3 Å². The maximum absolute atomic E-state index is 4.67. The molecule has 1 fully saturated rings. The van der Waals surface area contributed by atoms with E-state index in [1.54, 1.807) is 0 Å². The van der Waals surface area contributed by atoms with E-state index in [4.69, 9.17) is 0 Å². The van der Waals surface area contributed by atoms with Crippen LogP contribution in [-0.4, -0.2) is 29.1 Å². The van der Waals surface area contributed by atoms with Gasteiger partial charge < -0.3 is 10.2 Å². The number of hydrogen-bond donors (Lipinski definition) is 1. The molecule has 1 N–H and O–H groups in total. The number of anilines is 1. The van der Waals surface area contributed by atoms with Crippen molar-refractivity contribution < 1.29 is 0 Å². The fourth-order valence-electron chi connectivity index (χ4n) is 2.40. The van der Waals surface area contributed by atoms with E-state index in [2.05, 4.69) is 54.8 Å². The molecule has 0 saturated carbocycles. The largest absolute Gasteiger partial charge is 0.340 e. The third kappa shape index (κ3) is 3.66. The summed E-state index contributed by atoms with van der Waals surface area (Å²) in [4.78, 5) is 11.5. The number of nitrogens with one attached hydrogen (secondary N) is 1. The molecule has 1 aliphatic heterocycles. The van der Waals surface area contributed by atoms with Gasteiger partial charge in [-0.1, -0.05) is 27.7 Å². The SMILES string of the molecule is Cc1nc(N2CCC(C)(C)C2)ncc1CNC(C)C. The summed E-state index contributed by atoms with van der Waals surface area (Å²) in [5.41, 5.74) is 2.66. The van der Waals surface area contributed by atoms with Gasteiger partial charge in [-0.2, -0.15) is 0 Å². The summed E-state index contributed by atoms with van der Waals surface area (Å²) in [7, 11) is 0. The lowest BCUT2D eigenvalue weighted by Crippen LogP contribution is -2.26. The van der Waals surface area contributed by atoms with Gasteiger partial charge in [0.1, 0.15) is 0 Å². The molecule has 0 aliphatic carbocycles. The van der Waals surface area contributed by atoms with Gasteiger partial charge in [-0.25, -0.2) is 9.97 Å². The van der Waals surface area contributed by atoms with Gasteiger partial charge in [0.2, 0.25) is 5.95 Å². The van der Waals surface area contributed by atoms with Crippen molar-refractivity contribution in [3.8, 4) is 0 Å². The van der Waals surface area contributed by atoms with Crippen molar-refractivity contribution in [3.05, 3.63) is 17.5 Å². The van der Waals surface area contributed by atoms with Gasteiger partial charge in [-0.15, -0.1) is 0 Å². The number of aryl methyl sites for hydroxylation is 1. The predicted octanol–water partition coefficient (Wildman–Crippen LogP) is 2.52. The zero-order valence-corrected chi connectivity index (χ0v) is 12.8. The molecular formula is C15H26N4. The fourth-order valence-corrected chi connectivity index (χ4v) is 2.40. The summed E-state index contributed by atoms with van der Waals surface area (Å²) in [6.45, 7) is 13.9. The van der Waals surface area contributed by atoms with Crippen molar-refractivity contribution in [2.24, 2.45) is 5.41 Å². The van der Waals surface area contributed by atoms with Crippen molar-refractivity contribution in [2.75, 3.05) is 18.0 Å². The minimum atomic E-state index is 0.384. The third-order valence-corrected chi connectivity index (χ3v) is 3.73. The molecule has 2 rings (SSSR count). The van der Waals surface area contributed by atoms with E-state index in [1.807, 2.05) is 6.20 Å². The van der Waals surface area contributed by atoms with Crippen LogP contribution in [0.15, 0.2) is 6.20 Å². The Labute approximate surface area is 116 Å². The van der Waals surface area contributed by atoms with E-state index in [1.165, 1.54) is 12.0 Å². The van der Waals surface area contributed by atoms with Gasteiger partial charge in [-0.3, -0.25) is 0 Å². The second-order valence-electron chi connectivity index (χ2n) is 6.65. The summed E-state index contributed by atoms with van der Waals surface area (Å²) in [5.74, 6) is 0.886. The van der Waals surface area contributed by atoms with E-state index in [-0.39, 0.29) is 0 Å². The Morgan fingerprint density at radius 1 is 1.42 bits per heavy atom. The topological polar surface area (TPSA) is 41.1 Å². The van der Waals surface area contributed by atoms with Crippen LogP contribution in [0.5, 0.6) is 0 Å². The van der Waals surface area contributed by atoms with Gasteiger partial charge in [0.25, 0.3) is 0 Å². The number of aromatic nitrogens is 2. The highest BCUT2D eigenvalue weighted by Gasteiger charge is 2.30. The van der Waals surface area contributed by atoms with E-state index >= 15 is 0 Å². The molecule has 1 aromatic heterocycles. The number of hydrogen-bond acceptors (Lipinski definition) is 4. The zero-order chi connectivity index (χ0) is 14.0. The van der Waals surface area contributed by atoms with E-state index < -0.39 is 0 Å². The Balaban J connectivity index is 2.07. The molecule has 19 heavy (non-hydrogen) atoms. The molecule has 0 radical (unpaired) electrons. The average Bonchev–Trinajstić information content (AvgIpc) is 2.68. The normalized spacial score (nSPS) is 18.3. The van der Waals surface area contributed by atoms with Crippen LogP contribution in [0.2, 0.25) is 0 Å². The molecular weight excluding hydrogens is 236 g/mol. The predicted molar refractivity (Wildman–Crippen MR) is 79.4 cm³/mol. The molecule has 1 aromatic rings. The van der Waals surface area contributed by atoms with Crippen LogP contribution in [0.4, 0.5) is 5.95 Å². The van der Waals surface area contributed by atoms with Crippen LogP contribution >= 0.6 is 0 Å².